The minimum Gasteiger partial charge on any atom is -0.375 e. The van der Waals surface area contributed by atoms with Crippen LogP contribution in [-0.2, 0) is 18.2 Å². The molecule has 2 heterocycles. The minimum absolute atomic E-state index is 0.0498. The smallest absolute Gasteiger partial charge is 0.293 e. The molecule has 22 heavy (non-hydrogen) atoms. The van der Waals surface area contributed by atoms with Gasteiger partial charge in [0.25, 0.3) is 5.56 Å². The largest absolute Gasteiger partial charge is 0.375 e. The average Bonchev–Trinajstić information content (AvgIpc) is 2.57. The van der Waals surface area contributed by atoms with Crippen LogP contribution >= 0.6 is 0 Å². The predicted octanol–water partition coefficient (Wildman–Crippen LogP) is 1.62. The number of aryl methyl sites for hydroxylation is 2. The van der Waals surface area contributed by atoms with Crippen LogP contribution in [0.2, 0.25) is 0 Å². The van der Waals surface area contributed by atoms with Crippen molar-refractivity contribution >= 4 is 5.82 Å². The Hall–Kier alpha value is -2.14. The lowest BCUT2D eigenvalue weighted by molar-refractivity contribution is 0.0351. The standard InChI is InChI=1S/C17H21N3O2/c1-19-10-9-18-16(17(19)21)20-11-12-22-15(13-20)8-7-14-5-3-2-4-6-14/h2-6,9-10,15H,7-8,11-13H2,1H3/t15-/m1/s1. The van der Waals surface area contributed by atoms with Gasteiger partial charge in [0, 0.05) is 32.5 Å². The summed E-state index contributed by atoms with van der Waals surface area (Å²) in [4.78, 5) is 18.5. The van der Waals surface area contributed by atoms with Crippen LogP contribution in [0, 0.1) is 0 Å². The first-order valence-corrected chi connectivity index (χ1v) is 7.66. The number of hydrogen-bond acceptors (Lipinski definition) is 4. The first-order valence-electron chi connectivity index (χ1n) is 7.66. The summed E-state index contributed by atoms with van der Waals surface area (Å²) in [6.45, 7) is 2.08. The SMILES string of the molecule is Cn1ccnc(N2CCO[C@H](CCc3ccccc3)C2)c1=O. The fourth-order valence-corrected chi connectivity index (χ4v) is 2.76. The van der Waals surface area contributed by atoms with Crippen molar-refractivity contribution in [2.45, 2.75) is 18.9 Å². The number of hydrogen-bond donors (Lipinski definition) is 0. The molecule has 1 aromatic carbocycles. The van der Waals surface area contributed by atoms with E-state index in [0.717, 1.165) is 19.4 Å². The van der Waals surface area contributed by atoms with Gasteiger partial charge in [0.15, 0.2) is 5.82 Å². The van der Waals surface area contributed by atoms with E-state index in [2.05, 4.69) is 29.2 Å². The summed E-state index contributed by atoms with van der Waals surface area (Å²) in [6, 6.07) is 10.4. The molecule has 116 valence electrons. The maximum Gasteiger partial charge on any atom is 0.293 e. The summed E-state index contributed by atoms with van der Waals surface area (Å²) in [5.41, 5.74) is 1.27. The molecule has 1 aromatic heterocycles. The monoisotopic (exact) mass is 299 g/mol. The Morgan fingerprint density at radius 3 is 2.95 bits per heavy atom. The molecule has 0 aliphatic carbocycles. The molecule has 0 unspecified atom stereocenters. The van der Waals surface area contributed by atoms with E-state index >= 15 is 0 Å². The van der Waals surface area contributed by atoms with Crippen molar-refractivity contribution in [2.24, 2.45) is 7.05 Å². The lowest BCUT2D eigenvalue weighted by Crippen LogP contribution is -2.45. The van der Waals surface area contributed by atoms with Crippen LogP contribution in [0.25, 0.3) is 0 Å². The third-order valence-electron chi connectivity index (χ3n) is 4.03. The molecule has 0 bridgehead atoms. The molecular weight excluding hydrogens is 278 g/mol. The Labute approximate surface area is 130 Å². The van der Waals surface area contributed by atoms with Crippen LogP contribution in [0.15, 0.2) is 47.5 Å². The van der Waals surface area contributed by atoms with E-state index in [4.69, 9.17) is 4.74 Å². The van der Waals surface area contributed by atoms with E-state index in [1.807, 2.05) is 11.0 Å². The van der Waals surface area contributed by atoms with Gasteiger partial charge in [-0.15, -0.1) is 0 Å². The van der Waals surface area contributed by atoms with Gasteiger partial charge in [0.05, 0.1) is 12.7 Å². The molecule has 5 heteroatoms. The lowest BCUT2D eigenvalue weighted by Gasteiger charge is -2.33. The van der Waals surface area contributed by atoms with E-state index in [1.165, 1.54) is 5.56 Å². The van der Waals surface area contributed by atoms with Gasteiger partial charge < -0.3 is 14.2 Å². The van der Waals surface area contributed by atoms with Crippen molar-refractivity contribution in [3.63, 3.8) is 0 Å². The zero-order chi connectivity index (χ0) is 15.4. The van der Waals surface area contributed by atoms with Crippen molar-refractivity contribution in [1.82, 2.24) is 9.55 Å². The number of rotatable bonds is 4. The molecule has 0 spiro atoms. The molecule has 3 rings (SSSR count). The Balaban J connectivity index is 1.64. The number of ether oxygens (including phenoxy) is 1. The third kappa shape index (κ3) is 3.36. The highest BCUT2D eigenvalue weighted by atomic mass is 16.5. The van der Waals surface area contributed by atoms with Gasteiger partial charge in [-0.2, -0.15) is 0 Å². The summed E-state index contributed by atoms with van der Waals surface area (Å²) in [7, 11) is 1.75. The highest BCUT2D eigenvalue weighted by Gasteiger charge is 2.23. The van der Waals surface area contributed by atoms with Crippen molar-refractivity contribution in [2.75, 3.05) is 24.6 Å². The highest BCUT2D eigenvalue weighted by molar-refractivity contribution is 5.36. The van der Waals surface area contributed by atoms with Gasteiger partial charge >= 0.3 is 0 Å². The van der Waals surface area contributed by atoms with Gasteiger partial charge in [-0.3, -0.25) is 4.79 Å². The van der Waals surface area contributed by atoms with E-state index in [-0.39, 0.29) is 11.7 Å². The van der Waals surface area contributed by atoms with Crippen LogP contribution in [-0.4, -0.2) is 35.4 Å². The number of aromatic nitrogens is 2. The second kappa shape index (κ2) is 6.75. The van der Waals surface area contributed by atoms with Crippen LogP contribution in [0.5, 0.6) is 0 Å². The molecule has 1 aliphatic heterocycles. The Kier molecular flexibility index (Phi) is 4.53. The second-order valence-corrected chi connectivity index (χ2v) is 5.63. The quantitative estimate of drug-likeness (QED) is 0.861. The number of nitrogens with zero attached hydrogens (tertiary/aromatic N) is 3. The topological polar surface area (TPSA) is 47.4 Å². The van der Waals surface area contributed by atoms with Crippen LogP contribution in [0.4, 0.5) is 5.82 Å². The fraction of sp³-hybridized carbons (Fsp3) is 0.412. The summed E-state index contributed by atoms with van der Waals surface area (Å²) in [5.74, 6) is 0.526. The Morgan fingerprint density at radius 1 is 1.32 bits per heavy atom. The first kappa shape index (κ1) is 14.8. The molecule has 0 N–H and O–H groups in total. The Morgan fingerprint density at radius 2 is 2.14 bits per heavy atom. The molecule has 0 radical (unpaired) electrons. The zero-order valence-electron chi connectivity index (χ0n) is 12.8. The number of anilines is 1. The lowest BCUT2D eigenvalue weighted by atomic mass is 10.1. The molecule has 5 nitrogen and oxygen atoms in total. The van der Waals surface area contributed by atoms with Crippen LogP contribution in [0.3, 0.4) is 0 Å². The summed E-state index contributed by atoms with van der Waals surface area (Å²) >= 11 is 0. The number of benzene rings is 1. The maximum atomic E-state index is 12.2. The second-order valence-electron chi connectivity index (χ2n) is 5.63. The molecule has 1 atom stereocenters. The van der Waals surface area contributed by atoms with E-state index < -0.39 is 0 Å². The van der Waals surface area contributed by atoms with Gasteiger partial charge in [0.2, 0.25) is 0 Å². The molecule has 0 saturated carbocycles. The van der Waals surface area contributed by atoms with E-state index in [0.29, 0.717) is 19.0 Å². The summed E-state index contributed by atoms with van der Waals surface area (Å²) in [6.07, 6.45) is 5.43. The van der Waals surface area contributed by atoms with Gasteiger partial charge in [-0.25, -0.2) is 4.98 Å². The van der Waals surface area contributed by atoms with Gasteiger partial charge in [-0.05, 0) is 18.4 Å². The predicted molar refractivity (Wildman–Crippen MR) is 86.2 cm³/mol. The van der Waals surface area contributed by atoms with Gasteiger partial charge in [0.1, 0.15) is 0 Å². The van der Waals surface area contributed by atoms with Crippen LogP contribution < -0.4 is 10.5 Å². The summed E-state index contributed by atoms with van der Waals surface area (Å²) < 4.78 is 7.41. The normalized spacial score (nSPS) is 18.4. The summed E-state index contributed by atoms with van der Waals surface area (Å²) in [5, 5.41) is 0. The van der Waals surface area contributed by atoms with E-state index in [9.17, 15) is 4.79 Å². The maximum absolute atomic E-state index is 12.2. The van der Waals surface area contributed by atoms with Crippen LogP contribution in [0.1, 0.15) is 12.0 Å². The first-order chi connectivity index (χ1) is 10.7. The molecular formula is C17H21N3O2. The molecule has 0 amide bonds. The third-order valence-corrected chi connectivity index (χ3v) is 4.03. The molecule has 1 aliphatic rings. The van der Waals surface area contributed by atoms with Crippen molar-refractivity contribution in [3.05, 3.63) is 58.6 Å². The van der Waals surface area contributed by atoms with Gasteiger partial charge in [-0.1, -0.05) is 30.3 Å². The Bertz CT molecular complexity index is 669. The van der Waals surface area contributed by atoms with Crippen molar-refractivity contribution < 1.29 is 4.74 Å². The molecule has 2 aromatic rings. The fourth-order valence-electron chi connectivity index (χ4n) is 2.76. The van der Waals surface area contributed by atoms with E-state index in [1.54, 1.807) is 24.0 Å². The minimum atomic E-state index is -0.0498. The highest BCUT2D eigenvalue weighted by Crippen LogP contribution is 2.15. The van der Waals surface area contributed by atoms with Crippen molar-refractivity contribution in [3.8, 4) is 0 Å². The zero-order valence-corrected chi connectivity index (χ0v) is 12.8. The molecule has 1 saturated heterocycles. The number of morpholine rings is 1. The van der Waals surface area contributed by atoms with Crippen molar-refractivity contribution in [1.29, 1.82) is 0 Å². The molecule has 1 fully saturated rings. The average molecular weight is 299 g/mol.